The van der Waals surface area contributed by atoms with E-state index in [-0.39, 0.29) is 5.82 Å². The molecular weight excluding hydrogens is 337 g/mol. The first-order valence-electron chi connectivity index (χ1n) is 9.86. The minimum absolute atomic E-state index is 0.145. The van der Waals surface area contributed by atoms with Crippen LogP contribution >= 0.6 is 0 Å². The number of halogens is 1. The number of benzene rings is 2. The maximum atomic E-state index is 13.6. The molecule has 0 amide bonds. The van der Waals surface area contributed by atoms with E-state index in [1.165, 1.54) is 41.8 Å². The van der Waals surface area contributed by atoms with Gasteiger partial charge in [0.05, 0.1) is 0 Å². The van der Waals surface area contributed by atoms with Crippen LogP contribution in [0.2, 0.25) is 0 Å². The molecule has 1 saturated carbocycles. The summed E-state index contributed by atoms with van der Waals surface area (Å²) in [7, 11) is 0. The molecule has 1 aliphatic carbocycles. The van der Waals surface area contributed by atoms with Crippen LogP contribution < -0.4 is 5.32 Å². The van der Waals surface area contributed by atoms with Crippen molar-refractivity contribution in [1.82, 2.24) is 9.88 Å². The van der Waals surface area contributed by atoms with Crippen molar-refractivity contribution in [1.29, 1.82) is 0 Å². The van der Waals surface area contributed by atoms with Gasteiger partial charge in [0.2, 0.25) is 0 Å². The van der Waals surface area contributed by atoms with Crippen LogP contribution in [0.5, 0.6) is 0 Å². The number of likely N-dealkylation sites (tertiary alicyclic amines) is 1. The summed E-state index contributed by atoms with van der Waals surface area (Å²) < 4.78 is 13.6. The van der Waals surface area contributed by atoms with Gasteiger partial charge < -0.3 is 5.32 Å². The van der Waals surface area contributed by atoms with Crippen molar-refractivity contribution >= 4 is 16.5 Å². The third kappa shape index (κ3) is 3.19. The van der Waals surface area contributed by atoms with Crippen molar-refractivity contribution < 1.29 is 4.39 Å². The Balaban J connectivity index is 1.40. The molecule has 1 N–H and O–H groups in total. The number of pyridine rings is 1. The van der Waals surface area contributed by atoms with Gasteiger partial charge >= 0.3 is 0 Å². The molecule has 2 fully saturated rings. The SMILES string of the molecule is Fc1cccc(CN2CC3CCCC2C3Nc2cccc3cnccc23)c1. The summed E-state index contributed by atoms with van der Waals surface area (Å²) in [5.74, 6) is 0.503. The zero-order valence-corrected chi connectivity index (χ0v) is 15.3. The summed E-state index contributed by atoms with van der Waals surface area (Å²) in [6.07, 6.45) is 7.54. The monoisotopic (exact) mass is 361 g/mol. The molecular formula is C23H24FN3. The highest BCUT2D eigenvalue weighted by Gasteiger charge is 2.43. The average molecular weight is 361 g/mol. The van der Waals surface area contributed by atoms with Crippen LogP contribution in [0.15, 0.2) is 60.9 Å². The van der Waals surface area contributed by atoms with Crippen molar-refractivity contribution in [3.63, 3.8) is 0 Å². The van der Waals surface area contributed by atoms with Gasteiger partial charge in [0, 0.05) is 54.0 Å². The normalized spacial score (nSPS) is 25.0. The van der Waals surface area contributed by atoms with Crippen molar-refractivity contribution in [2.24, 2.45) is 5.92 Å². The van der Waals surface area contributed by atoms with Crippen LogP contribution in [-0.2, 0) is 6.54 Å². The van der Waals surface area contributed by atoms with Crippen molar-refractivity contribution in [2.75, 3.05) is 11.9 Å². The Hall–Kier alpha value is -2.46. The van der Waals surface area contributed by atoms with E-state index in [9.17, 15) is 4.39 Å². The Morgan fingerprint density at radius 2 is 2.04 bits per heavy atom. The molecule has 2 aromatic carbocycles. The summed E-state index contributed by atoms with van der Waals surface area (Å²) in [4.78, 5) is 6.79. The summed E-state index contributed by atoms with van der Waals surface area (Å²) in [6, 6.07) is 16.5. The second kappa shape index (κ2) is 6.93. The Kier molecular flexibility index (Phi) is 4.29. The van der Waals surface area contributed by atoms with Gasteiger partial charge in [-0.2, -0.15) is 0 Å². The molecule has 27 heavy (non-hydrogen) atoms. The van der Waals surface area contributed by atoms with E-state index in [0.717, 1.165) is 18.7 Å². The fraction of sp³-hybridized carbons (Fsp3) is 0.348. The molecule has 5 rings (SSSR count). The van der Waals surface area contributed by atoms with Gasteiger partial charge in [-0.3, -0.25) is 9.88 Å². The number of fused-ring (bicyclic) bond motifs is 3. The molecule has 3 nitrogen and oxygen atoms in total. The molecule has 4 heteroatoms. The van der Waals surface area contributed by atoms with Crippen molar-refractivity contribution in [2.45, 2.75) is 37.9 Å². The molecule has 3 atom stereocenters. The first-order chi connectivity index (χ1) is 13.3. The van der Waals surface area contributed by atoms with E-state index in [1.54, 1.807) is 6.07 Å². The zero-order chi connectivity index (χ0) is 18.2. The third-order valence-corrected chi connectivity index (χ3v) is 6.21. The van der Waals surface area contributed by atoms with E-state index in [2.05, 4.69) is 39.5 Å². The number of hydrogen-bond donors (Lipinski definition) is 1. The maximum absolute atomic E-state index is 13.6. The van der Waals surface area contributed by atoms with Crippen molar-refractivity contribution in [3.05, 3.63) is 72.3 Å². The van der Waals surface area contributed by atoms with E-state index < -0.39 is 0 Å². The molecule has 0 radical (unpaired) electrons. The first kappa shape index (κ1) is 16.7. The Labute approximate surface area is 159 Å². The highest BCUT2D eigenvalue weighted by Crippen LogP contribution is 2.39. The number of hydrogen-bond acceptors (Lipinski definition) is 3. The molecule has 2 heterocycles. The smallest absolute Gasteiger partial charge is 0.123 e. The highest BCUT2D eigenvalue weighted by atomic mass is 19.1. The van der Waals surface area contributed by atoms with Crippen LogP contribution in [0, 0.1) is 11.7 Å². The standard InChI is InChI=1S/C23H24FN3/c24-19-7-1-4-16(12-19)14-27-15-18-6-3-9-22(27)23(18)26-21-8-2-5-17-13-25-11-10-20(17)21/h1-2,4-5,7-8,10-13,18,22-23,26H,3,6,9,14-15H2. The molecule has 0 spiro atoms. The topological polar surface area (TPSA) is 28.2 Å². The van der Waals surface area contributed by atoms with Crippen LogP contribution in [0.3, 0.4) is 0 Å². The minimum atomic E-state index is -0.145. The summed E-state index contributed by atoms with van der Waals surface area (Å²) in [5.41, 5.74) is 2.27. The second-order valence-corrected chi connectivity index (χ2v) is 7.89. The molecule has 2 bridgehead atoms. The molecule has 1 aliphatic heterocycles. The molecule has 2 aliphatic rings. The second-order valence-electron chi connectivity index (χ2n) is 7.89. The van der Waals surface area contributed by atoms with E-state index in [1.807, 2.05) is 24.5 Å². The Morgan fingerprint density at radius 3 is 2.96 bits per heavy atom. The maximum Gasteiger partial charge on any atom is 0.123 e. The molecule has 1 aromatic heterocycles. The van der Waals surface area contributed by atoms with E-state index in [0.29, 0.717) is 18.0 Å². The predicted octanol–water partition coefficient (Wildman–Crippen LogP) is 4.84. The van der Waals surface area contributed by atoms with Crippen LogP contribution in [0.1, 0.15) is 24.8 Å². The quantitative estimate of drug-likeness (QED) is 0.721. The molecule has 1 saturated heterocycles. The minimum Gasteiger partial charge on any atom is -0.380 e. The Morgan fingerprint density at radius 1 is 1.11 bits per heavy atom. The third-order valence-electron chi connectivity index (χ3n) is 6.21. The number of anilines is 1. The van der Waals surface area contributed by atoms with E-state index >= 15 is 0 Å². The van der Waals surface area contributed by atoms with Crippen LogP contribution in [0.25, 0.3) is 10.8 Å². The van der Waals surface area contributed by atoms with Gasteiger partial charge in [0.15, 0.2) is 0 Å². The lowest BCUT2D eigenvalue weighted by molar-refractivity contribution is 0.228. The molecule has 138 valence electrons. The first-order valence-corrected chi connectivity index (χ1v) is 9.86. The van der Waals surface area contributed by atoms with Crippen molar-refractivity contribution in [3.8, 4) is 0 Å². The summed E-state index contributed by atoms with van der Waals surface area (Å²) in [6.45, 7) is 1.92. The lowest BCUT2D eigenvalue weighted by atomic mass is 9.85. The Bertz CT molecular complexity index is 952. The van der Waals surface area contributed by atoms with Gasteiger partial charge in [0.1, 0.15) is 5.82 Å². The van der Waals surface area contributed by atoms with Gasteiger partial charge in [-0.1, -0.05) is 30.7 Å². The van der Waals surface area contributed by atoms with Gasteiger partial charge in [-0.05, 0) is 48.6 Å². The van der Waals surface area contributed by atoms with Gasteiger partial charge in [-0.25, -0.2) is 4.39 Å². The van der Waals surface area contributed by atoms with Gasteiger partial charge in [0.25, 0.3) is 0 Å². The van der Waals surface area contributed by atoms with Crippen LogP contribution in [-0.4, -0.2) is 28.5 Å². The summed E-state index contributed by atoms with van der Waals surface area (Å²) in [5, 5.41) is 6.27. The highest BCUT2D eigenvalue weighted by molar-refractivity contribution is 5.93. The fourth-order valence-corrected chi connectivity index (χ4v) is 5.01. The van der Waals surface area contributed by atoms with Crippen LogP contribution in [0.4, 0.5) is 10.1 Å². The fourth-order valence-electron chi connectivity index (χ4n) is 5.01. The number of nitrogens with zero attached hydrogens (tertiary/aromatic N) is 2. The predicted molar refractivity (Wildman–Crippen MR) is 107 cm³/mol. The van der Waals surface area contributed by atoms with Gasteiger partial charge in [-0.15, -0.1) is 0 Å². The zero-order valence-electron chi connectivity index (χ0n) is 15.3. The summed E-state index contributed by atoms with van der Waals surface area (Å²) >= 11 is 0. The average Bonchev–Trinajstić information content (AvgIpc) is 2.86. The number of rotatable bonds is 4. The number of aromatic nitrogens is 1. The number of nitrogens with one attached hydrogen (secondary N) is 1. The molecule has 3 aromatic rings. The lowest BCUT2D eigenvalue weighted by Gasteiger charge is -2.33. The lowest BCUT2D eigenvalue weighted by Crippen LogP contribution is -2.41. The van der Waals surface area contributed by atoms with E-state index in [4.69, 9.17) is 0 Å². The largest absolute Gasteiger partial charge is 0.380 e. The molecule has 3 unspecified atom stereocenters.